The predicted octanol–water partition coefficient (Wildman–Crippen LogP) is 2.23. The molecule has 1 saturated carbocycles. The van der Waals surface area contributed by atoms with Crippen LogP contribution in [0.2, 0.25) is 0 Å². The monoisotopic (exact) mass is 330 g/mol. The van der Waals surface area contributed by atoms with Crippen LogP contribution in [-0.4, -0.2) is 50.2 Å². The molecule has 0 aromatic carbocycles. The van der Waals surface area contributed by atoms with Gasteiger partial charge in [0.1, 0.15) is 5.78 Å². The first kappa shape index (κ1) is 18.3. The number of hydrogen-bond acceptors (Lipinski definition) is 4. The minimum Gasteiger partial charge on any atom is -0.394 e. The molecule has 3 fully saturated rings. The maximum absolute atomic E-state index is 12.3. The lowest BCUT2D eigenvalue weighted by Gasteiger charge is -2.61. The topological polar surface area (TPSA) is 77.8 Å². The Morgan fingerprint density at radius 2 is 1.95 bits per heavy atom. The highest BCUT2D eigenvalue weighted by molar-refractivity contribution is 7.46. The van der Waals surface area contributed by atoms with Gasteiger partial charge in [0.15, 0.2) is 0 Å². The number of aliphatic hydroxyl groups is 3. The molecule has 3 N–H and O–H groups in total. The lowest BCUT2D eigenvalue weighted by molar-refractivity contribution is -0.126. The van der Waals surface area contributed by atoms with Crippen LogP contribution in [0.25, 0.3) is 0 Å². The highest BCUT2D eigenvalue weighted by atomic mass is 31.1. The fourth-order valence-electron chi connectivity index (χ4n) is 4.43. The molecule has 5 heteroatoms. The van der Waals surface area contributed by atoms with Crippen LogP contribution in [0, 0.1) is 5.41 Å². The summed E-state index contributed by atoms with van der Waals surface area (Å²) >= 11 is 0. The van der Waals surface area contributed by atoms with Gasteiger partial charge in [-0.15, -0.1) is 8.58 Å². The Kier molecular flexibility index (Phi) is 5.39. The lowest BCUT2D eigenvalue weighted by Crippen LogP contribution is -2.60. The van der Waals surface area contributed by atoms with E-state index in [4.69, 9.17) is 0 Å². The minimum atomic E-state index is -0.905. The van der Waals surface area contributed by atoms with Gasteiger partial charge < -0.3 is 15.3 Å². The van der Waals surface area contributed by atoms with E-state index in [1.54, 1.807) is 0 Å². The number of ketones is 1. The third-order valence-electron chi connectivity index (χ3n) is 6.23. The molecule has 0 aromatic heterocycles. The summed E-state index contributed by atoms with van der Waals surface area (Å²) in [5, 5.41) is 30.1. The van der Waals surface area contributed by atoms with Gasteiger partial charge in [0.05, 0.1) is 18.8 Å². The zero-order valence-electron chi connectivity index (χ0n) is 14.1. The van der Waals surface area contributed by atoms with E-state index in [9.17, 15) is 20.1 Å². The third kappa shape index (κ3) is 2.88. The zero-order valence-corrected chi connectivity index (χ0v) is 15.1. The highest BCUT2D eigenvalue weighted by Gasteiger charge is 2.61. The summed E-state index contributed by atoms with van der Waals surface area (Å²) in [5.74, 6) is 0.428. The molecule has 22 heavy (non-hydrogen) atoms. The minimum absolute atomic E-state index is 0.0914. The van der Waals surface area contributed by atoms with Gasteiger partial charge in [-0.1, -0.05) is 27.2 Å². The van der Waals surface area contributed by atoms with E-state index in [1.807, 2.05) is 13.8 Å². The summed E-state index contributed by atoms with van der Waals surface area (Å²) in [7, 11) is 0.614. The normalized spacial score (nSPS) is 37.5. The van der Waals surface area contributed by atoms with Gasteiger partial charge >= 0.3 is 0 Å². The zero-order chi connectivity index (χ0) is 16.6. The van der Waals surface area contributed by atoms with Crippen molar-refractivity contribution in [2.24, 2.45) is 5.41 Å². The molecule has 0 aromatic rings. The fourth-order valence-corrected chi connectivity index (χ4v) is 7.14. The summed E-state index contributed by atoms with van der Waals surface area (Å²) in [6.45, 7) is 5.59. The summed E-state index contributed by atoms with van der Waals surface area (Å²) < 4.78 is 0. The lowest BCUT2D eigenvalue weighted by atomic mass is 9.68. The summed E-state index contributed by atoms with van der Waals surface area (Å²) in [4.78, 5) is 12.3. The van der Waals surface area contributed by atoms with Crippen molar-refractivity contribution in [2.45, 2.75) is 88.2 Å². The molecule has 4 unspecified atom stereocenters. The number of aliphatic hydroxyl groups excluding tert-OH is 3. The van der Waals surface area contributed by atoms with Crippen molar-refractivity contribution in [1.29, 1.82) is 0 Å². The number of fused-ring (bicyclic) bond motifs is 2. The Labute approximate surface area is 135 Å². The van der Waals surface area contributed by atoms with Crippen molar-refractivity contribution in [3.8, 4) is 0 Å². The summed E-state index contributed by atoms with van der Waals surface area (Å²) in [6, 6.07) is 0. The van der Waals surface area contributed by atoms with E-state index in [2.05, 4.69) is 6.92 Å². The molecule has 3 rings (SSSR count). The molecule has 0 amide bonds. The predicted molar refractivity (Wildman–Crippen MR) is 89.7 cm³/mol. The largest absolute Gasteiger partial charge is 0.394 e. The average molecular weight is 330 g/mol. The molecule has 3 aliphatic rings. The number of hydrogen-bond donors (Lipinski definition) is 3. The van der Waals surface area contributed by atoms with Gasteiger partial charge in [-0.25, -0.2) is 0 Å². The molecule has 0 radical (unpaired) electrons. The van der Waals surface area contributed by atoms with Gasteiger partial charge in [0.25, 0.3) is 0 Å². The molecule has 1 aliphatic carbocycles. The molecular weight excluding hydrogens is 299 g/mol. The first-order chi connectivity index (χ1) is 10.3. The second-order valence-electron chi connectivity index (χ2n) is 7.62. The molecule has 128 valence electrons. The van der Waals surface area contributed by atoms with Crippen LogP contribution in [0.1, 0.15) is 65.7 Å². The average Bonchev–Trinajstić information content (AvgIpc) is 2.47. The number of carbonyl (C=O) groups excluding carboxylic acids is 1. The molecule has 2 heterocycles. The second kappa shape index (κ2) is 6.47. The number of Topliss-reactive ketones (excluding diaryl/α,β-unsaturated/α-hetero) is 1. The molecule has 2 bridgehead atoms. The SMILES string of the molecule is CCCC12C[C@@](CC(O)C(C)(CC)[C@H](O)CO)(CCC1=O)P2. The number of carbonyl (C=O) groups is 1. The van der Waals surface area contributed by atoms with Crippen LogP contribution in [-0.2, 0) is 4.79 Å². The molecule has 0 spiro atoms. The van der Waals surface area contributed by atoms with Crippen LogP contribution >= 0.6 is 8.58 Å². The maximum Gasteiger partial charge on any atom is 0.143 e. The third-order valence-corrected chi connectivity index (χ3v) is 8.57. The Bertz CT molecular complexity index is 419. The van der Waals surface area contributed by atoms with Crippen LogP contribution < -0.4 is 0 Å². The first-order valence-electron chi connectivity index (χ1n) is 8.57. The smallest absolute Gasteiger partial charge is 0.143 e. The highest BCUT2D eigenvalue weighted by Crippen LogP contribution is 2.70. The molecule has 4 nitrogen and oxygen atoms in total. The van der Waals surface area contributed by atoms with E-state index in [0.29, 0.717) is 33.6 Å². The molecule has 6 atom stereocenters. The van der Waals surface area contributed by atoms with E-state index in [1.165, 1.54) is 0 Å². The summed E-state index contributed by atoms with van der Waals surface area (Å²) in [6.07, 6.45) is 4.17. The van der Waals surface area contributed by atoms with E-state index in [0.717, 1.165) is 25.7 Å². The summed E-state index contributed by atoms with van der Waals surface area (Å²) in [5.41, 5.74) is -0.682. The van der Waals surface area contributed by atoms with Crippen molar-refractivity contribution < 1.29 is 20.1 Å². The number of rotatable bonds is 8. The Hall–Kier alpha value is -0.0200. The van der Waals surface area contributed by atoms with E-state index in [-0.39, 0.29) is 16.9 Å². The van der Waals surface area contributed by atoms with E-state index < -0.39 is 17.6 Å². The van der Waals surface area contributed by atoms with Crippen molar-refractivity contribution >= 4 is 14.4 Å². The van der Waals surface area contributed by atoms with Crippen molar-refractivity contribution in [3.63, 3.8) is 0 Å². The maximum atomic E-state index is 12.3. The van der Waals surface area contributed by atoms with Crippen molar-refractivity contribution in [3.05, 3.63) is 0 Å². The Balaban J connectivity index is 2.07. The first-order valence-corrected chi connectivity index (χ1v) is 9.57. The van der Waals surface area contributed by atoms with Crippen molar-refractivity contribution in [1.82, 2.24) is 0 Å². The molecule has 2 saturated heterocycles. The second-order valence-corrected chi connectivity index (χ2v) is 9.88. The van der Waals surface area contributed by atoms with Crippen LogP contribution in [0.4, 0.5) is 0 Å². The van der Waals surface area contributed by atoms with Gasteiger partial charge in [0, 0.05) is 17.0 Å². The van der Waals surface area contributed by atoms with Gasteiger partial charge in [-0.05, 0) is 37.3 Å². The van der Waals surface area contributed by atoms with Crippen LogP contribution in [0.5, 0.6) is 0 Å². The molecule has 2 aliphatic heterocycles. The quantitative estimate of drug-likeness (QED) is 0.597. The van der Waals surface area contributed by atoms with Gasteiger partial charge in [0.2, 0.25) is 0 Å². The Morgan fingerprint density at radius 3 is 2.45 bits per heavy atom. The van der Waals surface area contributed by atoms with Crippen LogP contribution in [0.3, 0.4) is 0 Å². The van der Waals surface area contributed by atoms with Gasteiger partial charge in [-0.3, -0.25) is 4.79 Å². The van der Waals surface area contributed by atoms with Crippen molar-refractivity contribution in [2.75, 3.05) is 6.61 Å². The Morgan fingerprint density at radius 1 is 1.32 bits per heavy atom. The molecular formula is C17H31O4P. The van der Waals surface area contributed by atoms with Gasteiger partial charge in [-0.2, -0.15) is 0 Å². The van der Waals surface area contributed by atoms with E-state index >= 15 is 0 Å². The van der Waals surface area contributed by atoms with Crippen LogP contribution in [0.15, 0.2) is 0 Å². The fraction of sp³-hybridized carbons (Fsp3) is 0.941. The standard InChI is InChI=1S/C17H31O4P/c1-4-7-17-11-16(22-17,8-6-12(17)19)9-13(20)15(3,5-2)14(21)10-18/h13-14,18,20-22H,4-11H2,1-3H3/t13?,14-,15?,16+,17?/m1/s1.